The third-order valence-electron chi connectivity index (χ3n) is 7.14. The fraction of sp³-hybridized carbons (Fsp3) is 0.941. The molecule has 108 valence electrons. The number of ether oxygens (including phenoxy) is 1. The number of carbonyl (C=O) groups excluding carboxylic acids is 1. The first kappa shape index (κ1) is 13.5. The van der Waals surface area contributed by atoms with Crippen molar-refractivity contribution in [2.24, 2.45) is 28.6 Å². The van der Waals surface area contributed by atoms with Gasteiger partial charge < -0.3 is 4.74 Å². The molecule has 0 heterocycles. The van der Waals surface area contributed by atoms with Crippen LogP contribution in [0.25, 0.3) is 0 Å². The monoisotopic (exact) mass is 264 g/mol. The molecule has 0 aromatic rings. The van der Waals surface area contributed by atoms with Crippen LogP contribution in [0.5, 0.6) is 0 Å². The molecule has 3 aliphatic carbocycles. The fourth-order valence-corrected chi connectivity index (χ4v) is 5.03. The molecular weight excluding hydrogens is 236 g/mol. The summed E-state index contributed by atoms with van der Waals surface area (Å²) < 4.78 is 6.00. The van der Waals surface area contributed by atoms with Gasteiger partial charge >= 0.3 is 5.97 Å². The number of fused-ring (bicyclic) bond motifs is 2. The van der Waals surface area contributed by atoms with Gasteiger partial charge in [0.05, 0.1) is 5.92 Å². The molecule has 0 radical (unpaired) electrons. The van der Waals surface area contributed by atoms with Crippen LogP contribution < -0.4 is 0 Å². The number of hydrogen-bond acceptors (Lipinski definition) is 2. The second kappa shape index (κ2) is 4.23. The van der Waals surface area contributed by atoms with Gasteiger partial charge in [0.2, 0.25) is 0 Å². The molecule has 0 aromatic carbocycles. The first-order valence-electron chi connectivity index (χ1n) is 8.07. The Morgan fingerprint density at radius 2 is 1.89 bits per heavy atom. The SMILES string of the molecule is CC1CCCC1C(=O)OC1CC2CCC1(C)C2(C)C. The van der Waals surface area contributed by atoms with E-state index in [1.807, 2.05) is 0 Å². The first-order chi connectivity index (χ1) is 8.86. The lowest BCUT2D eigenvalue weighted by atomic mass is 9.70. The Kier molecular flexibility index (Phi) is 3.00. The van der Waals surface area contributed by atoms with Gasteiger partial charge in [-0.05, 0) is 49.4 Å². The lowest BCUT2D eigenvalue weighted by Crippen LogP contribution is -2.39. The normalized spacial score (nSPS) is 47.6. The van der Waals surface area contributed by atoms with Gasteiger partial charge in [0.15, 0.2) is 0 Å². The van der Waals surface area contributed by atoms with Crippen LogP contribution in [0, 0.1) is 28.6 Å². The summed E-state index contributed by atoms with van der Waals surface area (Å²) >= 11 is 0. The maximum Gasteiger partial charge on any atom is 0.309 e. The Bertz CT molecular complexity index is 387. The minimum absolute atomic E-state index is 0.0968. The molecule has 3 saturated carbocycles. The highest BCUT2D eigenvalue weighted by molar-refractivity contribution is 5.73. The number of carbonyl (C=O) groups is 1. The van der Waals surface area contributed by atoms with Gasteiger partial charge in [0.1, 0.15) is 6.10 Å². The van der Waals surface area contributed by atoms with Crippen molar-refractivity contribution in [1.29, 1.82) is 0 Å². The standard InChI is InChI=1S/C17H28O2/c1-11-6-5-7-13(11)15(18)19-14-10-12-8-9-17(14,4)16(12,2)3/h11-14H,5-10H2,1-4H3. The van der Waals surface area contributed by atoms with Crippen LogP contribution >= 0.6 is 0 Å². The molecule has 3 rings (SSSR count). The van der Waals surface area contributed by atoms with Crippen LogP contribution in [0.1, 0.15) is 66.2 Å². The smallest absolute Gasteiger partial charge is 0.309 e. The van der Waals surface area contributed by atoms with Crippen molar-refractivity contribution in [3.8, 4) is 0 Å². The fourth-order valence-electron chi connectivity index (χ4n) is 5.03. The molecule has 2 heteroatoms. The average molecular weight is 264 g/mol. The topological polar surface area (TPSA) is 26.3 Å². The van der Waals surface area contributed by atoms with Gasteiger partial charge in [-0.25, -0.2) is 0 Å². The Morgan fingerprint density at radius 3 is 2.37 bits per heavy atom. The van der Waals surface area contributed by atoms with Crippen molar-refractivity contribution < 1.29 is 9.53 Å². The van der Waals surface area contributed by atoms with E-state index in [2.05, 4.69) is 27.7 Å². The summed E-state index contributed by atoms with van der Waals surface area (Å²) in [5, 5.41) is 0. The third-order valence-corrected chi connectivity index (χ3v) is 7.14. The maximum atomic E-state index is 12.4. The van der Waals surface area contributed by atoms with Crippen molar-refractivity contribution in [1.82, 2.24) is 0 Å². The van der Waals surface area contributed by atoms with Crippen molar-refractivity contribution in [2.45, 2.75) is 72.3 Å². The molecular formula is C17H28O2. The molecule has 19 heavy (non-hydrogen) atoms. The van der Waals surface area contributed by atoms with Crippen LogP contribution in [0.15, 0.2) is 0 Å². The zero-order chi connectivity index (χ0) is 13.8. The van der Waals surface area contributed by atoms with Gasteiger partial charge in [-0.15, -0.1) is 0 Å². The summed E-state index contributed by atoms with van der Waals surface area (Å²) in [6, 6.07) is 0. The van der Waals surface area contributed by atoms with Crippen LogP contribution in [-0.4, -0.2) is 12.1 Å². The van der Waals surface area contributed by atoms with Gasteiger partial charge in [0.25, 0.3) is 0 Å². The summed E-state index contributed by atoms with van der Waals surface area (Å²) in [6.07, 6.45) is 7.22. The summed E-state index contributed by atoms with van der Waals surface area (Å²) in [6.45, 7) is 9.29. The zero-order valence-corrected chi connectivity index (χ0v) is 12.9. The maximum absolute atomic E-state index is 12.4. The van der Waals surface area contributed by atoms with Crippen molar-refractivity contribution in [2.75, 3.05) is 0 Å². The Balaban J connectivity index is 1.70. The summed E-state index contributed by atoms with van der Waals surface area (Å²) in [4.78, 5) is 12.4. The van der Waals surface area contributed by atoms with Gasteiger partial charge in [-0.3, -0.25) is 4.79 Å². The van der Waals surface area contributed by atoms with Crippen LogP contribution in [-0.2, 0) is 9.53 Å². The van der Waals surface area contributed by atoms with Gasteiger partial charge in [-0.2, -0.15) is 0 Å². The van der Waals surface area contributed by atoms with E-state index in [0.717, 1.165) is 18.8 Å². The van der Waals surface area contributed by atoms with Crippen molar-refractivity contribution in [3.63, 3.8) is 0 Å². The molecule has 0 saturated heterocycles. The largest absolute Gasteiger partial charge is 0.462 e. The van der Waals surface area contributed by atoms with E-state index >= 15 is 0 Å². The lowest BCUT2D eigenvalue weighted by Gasteiger charge is -2.38. The number of hydrogen-bond donors (Lipinski definition) is 0. The highest BCUT2D eigenvalue weighted by Gasteiger charge is 2.63. The summed E-state index contributed by atoms with van der Waals surface area (Å²) in [5.41, 5.74) is 0.536. The molecule has 2 nitrogen and oxygen atoms in total. The molecule has 0 N–H and O–H groups in total. The molecule has 0 amide bonds. The number of esters is 1. The zero-order valence-electron chi connectivity index (χ0n) is 12.9. The molecule has 0 spiro atoms. The molecule has 0 aliphatic heterocycles. The summed E-state index contributed by atoms with van der Waals surface area (Å²) in [7, 11) is 0. The predicted molar refractivity (Wildman–Crippen MR) is 75.6 cm³/mol. The predicted octanol–water partition coefficient (Wildman–Crippen LogP) is 4.18. The van der Waals surface area contributed by atoms with E-state index in [4.69, 9.17) is 4.74 Å². The quantitative estimate of drug-likeness (QED) is 0.699. The van der Waals surface area contributed by atoms with E-state index in [1.165, 1.54) is 25.7 Å². The van der Waals surface area contributed by atoms with E-state index in [0.29, 0.717) is 11.3 Å². The minimum Gasteiger partial charge on any atom is -0.462 e. The van der Waals surface area contributed by atoms with Crippen LogP contribution in [0.3, 0.4) is 0 Å². The molecule has 5 atom stereocenters. The lowest BCUT2D eigenvalue weighted by molar-refractivity contribution is -0.163. The van der Waals surface area contributed by atoms with Gasteiger partial charge in [0, 0.05) is 5.41 Å². The second-order valence-corrected chi connectivity index (χ2v) is 8.05. The Morgan fingerprint density at radius 1 is 1.16 bits per heavy atom. The third kappa shape index (κ3) is 1.78. The van der Waals surface area contributed by atoms with Gasteiger partial charge in [-0.1, -0.05) is 34.1 Å². The minimum atomic E-state index is 0.0968. The van der Waals surface area contributed by atoms with Crippen molar-refractivity contribution in [3.05, 3.63) is 0 Å². The summed E-state index contributed by atoms with van der Waals surface area (Å²) in [5.74, 6) is 1.54. The van der Waals surface area contributed by atoms with E-state index in [1.54, 1.807) is 0 Å². The van der Waals surface area contributed by atoms with E-state index in [-0.39, 0.29) is 23.4 Å². The van der Waals surface area contributed by atoms with Crippen LogP contribution in [0.4, 0.5) is 0 Å². The average Bonchev–Trinajstić information content (AvgIpc) is 2.90. The highest BCUT2D eigenvalue weighted by atomic mass is 16.5. The molecule has 3 aliphatic rings. The first-order valence-corrected chi connectivity index (χ1v) is 8.07. The molecule has 5 unspecified atom stereocenters. The van der Waals surface area contributed by atoms with Crippen LogP contribution in [0.2, 0.25) is 0 Å². The molecule has 3 fully saturated rings. The molecule has 2 bridgehead atoms. The molecule has 0 aromatic heterocycles. The number of rotatable bonds is 2. The second-order valence-electron chi connectivity index (χ2n) is 8.05. The van der Waals surface area contributed by atoms with E-state index < -0.39 is 0 Å². The van der Waals surface area contributed by atoms with Crippen molar-refractivity contribution >= 4 is 5.97 Å². The highest BCUT2D eigenvalue weighted by Crippen LogP contribution is 2.66. The Hall–Kier alpha value is -0.530. The van der Waals surface area contributed by atoms with E-state index in [9.17, 15) is 4.79 Å². The Labute approximate surface area is 117 Å².